The molecule has 0 spiro atoms. The molecule has 1 fully saturated rings. The number of rotatable bonds is 3. The van der Waals surface area contributed by atoms with Gasteiger partial charge < -0.3 is 4.90 Å². The van der Waals surface area contributed by atoms with Crippen molar-refractivity contribution < 1.29 is 4.79 Å². The number of aromatic nitrogens is 2. The Kier molecular flexibility index (Phi) is 4.67. The molecule has 0 radical (unpaired) electrons. The Bertz CT molecular complexity index is 1030. The third-order valence-corrected chi connectivity index (χ3v) is 6.53. The smallest absolute Gasteiger partial charge is 0.273 e. The number of H-pyrrole nitrogens is 1. The van der Waals surface area contributed by atoms with E-state index in [1.165, 1.54) is 24.8 Å². The fraction of sp³-hybridized carbons (Fsp3) is 0.333. The van der Waals surface area contributed by atoms with E-state index in [4.69, 9.17) is 11.6 Å². The van der Waals surface area contributed by atoms with Gasteiger partial charge in [-0.05, 0) is 37.5 Å². The molecule has 2 aromatic carbocycles. The number of hydrogen-bond acceptors (Lipinski definition) is 2. The molecule has 1 aromatic heterocycles. The van der Waals surface area contributed by atoms with E-state index in [-0.39, 0.29) is 18.0 Å². The molecule has 1 amide bonds. The molecule has 1 atom stereocenters. The highest BCUT2D eigenvalue weighted by Crippen LogP contribution is 2.45. The van der Waals surface area contributed by atoms with Crippen molar-refractivity contribution >= 4 is 17.5 Å². The zero-order valence-corrected chi connectivity index (χ0v) is 17.2. The number of amides is 1. The van der Waals surface area contributed by atoms with Gasteiger partial charge >= 0.3 is 0 Å². The number of aryl methyl sites for hydroxylation is 1. The van der Waals surface area contributed by atoms with E-state index in [9.17, 15) is 4.79 Å². The number of hydrogen-bond donors (Lipinski definition) is 1. The molecule has 1 saturated carbocycles. The fourth-order valence-electron chi connectivity index (χ4n) is 4.81. The van der Waals surface area contributed by atoms with E-state index in [1.807, 2.05) is 24.3 Å². The third kappa shape index (κ3) is 3.16. The number of fused-ring (bicyclic) bond motifs is 1. The quantitative estimate of drug-likeness (QED) is 0.588. The number of carbonyl (C=O) groups is 1. The lowest BCUT2D eigenvalue weighted by atomic mass is 9.91. The van der Waals surface area contributed by atoms with E-state index in [1.54, 1.807) is 0 Å². The largest absolute Gasteiger partial charge is 0.323 e. The molecule has 29 heavy (non-hydrogen) atoms. The van der Waals surface area contributed by atoms with Gasteiger partial charge in [0.2, 0.25) is 0 Å². The predicted octanol–water partition coefficient (Wildman–Crippen LogP) is 5.92. The predicted molar refractivity (Wildman–Crippen MR) is 115 cm³/mol. The molecule has 0 saturated heterocycles. The number of nitrogens with zero attached hydrogens (tertiary/aromatic N) is 2. The van der Waals surface area contributed by atoms with Crippen LogP contribution in [0.15, 0.2) is 48.5 Å². The second kappa shape index (κ2) is 7.34. The van der Waals surface area contributed by atoms with Crippen LogP contribution in [-0.2, 0) is 0 Å². The van der Waals surface area contributed by atoms with Crippen molar-refractivity contribution in [3.05, 3.63) is 75.9 Å². The summed E-state index contributed by atoms with van der Waals surface area (Å²) in [6.45, 7) is 2.07. The van der Waals surface area contributed by atoms with Gasteiger partial charge in [0.15, 0.2) is 0 Å². The topological polar surface area (TPSA) is 49.0 Å². The molecule has 0 bridgehead atoms. The van der Waals surface area contributed by atoms with Crippen LogP contribution >= 0.6 is 11.6 Å². The fourth-order valence-corrected chi connectivity index (χ4v) is 4.93. The van der Waals surface area contributed by atoms with Gasteiger partial charge in [0.25, 0.3) is 5.91 Å². The van der Waals surface area contributed by atoms with Crippen LogP contribution in [0.2, 0.25) is 5.02 Å². The summed E-state index contributed by atoms with van der Waals surface area (Å²) in [5.41, 5.74) is 5.81. The second-order valence-corrected chi connectivity index (χ2v) is 8.62. The molecule has 5 heteroatoms. The molecule has 148 valence electrons. The van der Waals surface area contributed by atoms with Crippen LogP contribution in [0.3, 0.4) is 0 Å². The minimum absolute atomic E-state index is 0.0673. The first-order valence-electron chi connectivity index (χ1n) is 10.4. The van der Waals surface area contributed by atoms with Gasteiger partial charge in [-0.15, -0.1) is 0 Å². The zero-order chi connectivity index (χ0) is 20.0. The lowest BCUT2D eigenvalue weighted by molar-refractivity contribution is 0.0606. The van der Waals surface area contributed by atoms with Crippen molar-refractivity contribution in [3.8, 4) is 11.3 Å². The van der Waals surface area contributed by atoms with E-state index < -0.39 is 0 Å². The van der Waals surface area contributed by atoms with E-state index in [0.717, 1.165) is 35.2 Å². The van der Waals surface area contributed by atoms with E-state index in [2.05, 4.69) is 46.3 Å². The van der Waals surface area contributed by atoms with Crippen molar-refractivity contribution in [3.63, 3.8) is 0 Å². The first-order chi connectivity index (χ1) is 14.1. The summed E-state index contributed by atoms with van der Waals surface area (Å²) in [5.74, 6) is 0.0673. The molecule has 2 heterocycles. The van der Waals surface area contributed by atoms with E-state index in [0.29, 0.717) is 10.7 Å². The van der Waals surface area contributed by atoms with Crippen LogP contribution < -0.4 is 0 Å². The molecule has 5 rings (SSSR count). The molecular formula is C24H24ClN3O. The van der Waals surface area contributed by atoms with Crippen LogP contribution in [0.4, 0.5) is 0 Å². The summed E-state index contributed by atoms with van der Waals surface area (Å²) >= 11 is 6.15. The lowest BCUT2D eigenvalue weighted by Crippen LogP contribution is -2.40. The minimum atomic E-state index is -0.132. The Morgan fingerprint density at radius 1 is 1.00 bits per heavy atom. The van der Waals surface area contributed by atoms with Crippen LogP contribution in [0, 0.1) is 6.92 Å². The summed E-state index contributed by atoms with van der Waals surface area (Å²) in [7, 11) is 0. The summed E-state index contributed by atoms with van der Waals surface area (Å²) in [6.07, 6.45) is 5.74. The van der Waals surface area contributed by atoms with Crippen molar-refractivity contribution in [1.82, 2.24) is 15.1 Å². The molecule has 1 N–H and O–H groups in total. The van der Waals surface area contributed by atoms with Gasteiger partial charge in [-0.25, -0.2) is 0 Å². The Morgan fingerprint density at radius 3 is 2.38 bits per heavy atom. The summed E-state index contributed by atoms with van der Waals surface area (Å²) in [4.78, 5) is 15.6. The van der Waals surface area contributed by atoms with Crippen molar-refractivity contribution in [2.24, 2.45) is 0 Å². The normalized spacial score (nSPS) is 19.6. The summed E-state index contributed by atoms with van der Waals surface area (Å²) in [6, 6.07) is 16.4. The Balaban J connectivity index is 1.65. The first-order valence-corrected chi connectivity index (χ1v) is 10.7. The lowest BCUT2D eigenvalue weighted by Gasteiger charge is -2.36. The Hall–Kier alpha value is -2.59. The molecule has 3 aromatic rings. The summed E-state index contributed by atoms with van der Waals surface area (Å²) < 4.78 is 0. The zero-order valence-electron chi connectivity index (χ0n) is 16.5. The maximum atomic E-state index is 13.5. The highest BCUT2D eigenvalue weighted by Gasteiger charge is 2.45. The highest BCUT2D eigenvalue weighted by molar-refractivity contribution is 6.30. The summed E-state index contributed by atoms with van der Waals surface area (Å²) in [5, 5.41) is 8.33. The van der Waals surface area contributed by atoms with Gasteiger partial charge in [-0.2, -0.15) is 5.10 Å². The maximum absolute atomic E-state index is 13.5. The van der Waals surface area contributed by atoms with Crippen LogP contribution in [-0.4, -0.2) is 27.0 Å². The van der Waals surface area contributed by atoms with Gasteiger partial charge in [-0.3, -0.25) is 9.89 Å². The van der Waals surface area contributed by atoms with Gasteiger partial charge in [0.1, 0.15) is 5.69 Å². The van der Waals surface area contributed by atoms with E-state index >= 15 is 0 Å². The maximum Gasteiger partial charge on any atom is 0.273 e. The third-order valence-electron chi connectivity index (χ3n) is 6.28. The van der Waals surface area contributed by atoms with Crippen LogP contribution in [0.1, 0.15) is 65.3 Å². The highest BCUT2D eigenvalue weighted by atomic mass is 35.5. The van der Waals surface area contributed by atoms with Gasteiger partial charge in [-0.1, -0.05) is 72.8 Å². The molecule has 1 aliphatic carbocycles. The average Bonchev–Trinajstić information content (AvgIpc) is 3.29. The number of carbonyl (C=O) groups excluding carboxylic acids is 1. The standard InChI is InChI=1S/C24H24ClN3O/c1-15-7-9-16(10-8-15)21-20-22(27-26-21)24(29)28(19-5-3-2-4-6-19)23(20)17-11-13-18(25)14-12-17/h7-14,19,23H,2-6H2,1H3,(H,26,27). The minimum Gasteiger partial charge on any atom is -0.323 e. The average molecular weight is 406 g/mol. The molecular weight excluding hydrogens is 382 g/mol. The number of aromatic amines is 1. The molecule has 1 unspecified atom stereocenters. The van der Waals surface area contributed by atoms with Crippen molar-refractivity contribution in [2.45, 2.75) is 51.1 Å². The molecule has 4 nitrogen and oxygen atoms in total. The molecule has 2 aliphatic rings. The SMILES string of the molecule is Cc1ccc(-c2n[nH]c3c2C(c2ccc(Cl)cc2)N(C2CCCCC2)C3=O)cc1. The van der Waals surface area contributed by atoms with Gasteiger partial charge in [0, 0.05) is 22.2 Å². The van der Waals surface area contributed by atoms with Crippen LogP contribution in [0.25, 0.3) is 11.3 Å². The second-order valence-electron chi connectivity index (χ2n) is 8.19. The molecule has 1 aliphatic heterocycles. The van der Waals surface area contributed by atoms with Crippen molar-refractivity contribution in [2.75, 3.05) is 0 Å². The Labute approximate surface area is 175 Å². The number of halogens is 1. The monoisotopic (exact) mass is 405 g/mol. The first kappa shape index (κ1) is 18.4. The van der Waals surface area contributed by atoms with Crippen molar-refractivity contribution in [1.29, 1.82) is 0 Å². The van der Waals surface area contributed by atoms with Crippen LogP contribution in [0.5, 0.6) is 0 Å². The number of benzene rings is 2. The Morgan fingerprint density at radius 2 is 1.69 bits per heavy atom. The number of nitrogens with one attached hydrogen (secondary N) is 1. The van der Waals surface area contributed by atoms with Gasteiger partial charge in [0.05, 0.1) is 11.7 Å².